The SMILES string of the molecule is C=C.CC.CC.Cc1cc(Cl)cc(Nc2ncc(C)c(N(C)c3cccc(F)c3)n2)c1. The average molecular weight is 445 g/mol. The summed E-state index contributed by atoms with van der Waals surface area (Å²) in [5.74, 6) is 0.858. The number of halogens is 2. The van der Waals surface area contributed by atoms with E-state index in [0.29, 0.717) is 22.5 Å². The molecule has 1 N–H and O–H groups in total. The number of anilines is 4. The molecular formula is C25H34ClFN4. The standard InChI is InChI=1S/C19H18ClFN4.2C2H6.C2H4/c1-12-7-14(20)9-16(8-12)23-19-22-11-13(2)18(24-19)25(3)17-6-4-5-15(21)10-17;3*1-2/h4-11H,1-3H3,(H,22,23,24);2*1-2H3;1-2H2. The maximum Gasteiger partial charge on any atom is 0.229 e. The van der Waals surface area contributed by atoms with Crippen LogP contribution in [0, 0.1) is 19.7 Å². The van der Waals surface area contributed by atoms with Gasteiger partial charge in [-0.15, -0.1) is 13.2 Å². The number of benzene rings is 2. The van der Waals surface area contributed by atoms with E-state index in [2.05, 4.69) is 28.4 Å². The molecule has 0 spiro atoms. The molecule has 2 aromatic carbocycles. The fourth-order valence-corrected chi connectivity index (χ4v) is 2.87. The number of nitrogens with zero attached hydrogens (tertiary/aromatic N) is 3. The third kappa shape index (κ3) is 8.77. The molecule has 31 heavy (non-hydrogen) atoms. The summed E-state index contributed by atoms with van der Waals surface area (Å²) in [4.78, 5) is 10.7. The first-order valence-corrected chi connectivity index (χ1v) is 10.7. The Kier molecular flexibility index (Phi) is 13.6. The number of nitrogens with one attached hydrogen (secondary N) is 1. The van der Waals surface area contributed by atoms with Gasteiger partial charge in [0.1, 0.15) is 11.6 Å². The Hall–Kier alpha value is -2.92. The van der Waals surface area contributed by atoms with E-state index in [1.165, 1.54) is 12.1 Å². The lowest BCUT2D eigenvalue weighted by Gasteiger charge is -2.21. The van der Waals surface area contributed by atoms with Crippen LogP contribution in [0.2, 0.25) is 5.02 Å². The highest BCUT2D eigenvalue weighted by Crippen LogP contribution is 2.27. The Bertz CT molecular complexity index is 911. The molecule has 4 nitrogen and oxygen atoms in total. The van der Waals surface area contributed by atoms with Crippen molar-refractivity contribution in [3.8, 4) is 0 Å². The Labute approximate surface area is 191 Å². The van der Waals surface area contributed by atoms with Gasteiger partial charge in [-0.1, -0.05) is 45.4 Å². The van der Waals surface area contributed by atoms with E-state index in [9.17, 15) is 4.39 Å². The number of rotatable bonds is 4. The minimum absolute atomic E-state index is 0.288. The van der Waals surface area contributed by atoms with E-state index in [4.69, 9.17) is 11.6 Å². The molecule has 0 amide bonds. The molecule has 0 fully saturated rings. The summed E-state index contributed by atoms with van der Waals surface area (Å²) in [5, 5.41) is 3.81. The average Bonchev–Trinajstić information content (AvgIpc) is 2.78. The highest BCUT2D eigenvalue weighted by molar-refractivity contribution is 6.30. The van der Waals surface area contributed by atoms with Gasteiger partial charge >= 0.3 is 0 Å². The van der Waals surface area contributed by atoms with Crippen LogP contribution in [-0.4, -0.2) is 17.0 Å². The van der Waals surface area contributed by atoms with Crippen molar-refractivity contribution >= 4 is 34.7 Å². The fraction of sp³-hybridized carbons (Fsp3) is 0.280. The third-order valence-electron chi connectivity index (χ3n) is 3.76. The predicted octanol–water partition coefficient (Wildman–Crippen LogP) is 8.25. The molecule has 0 bridgehead atoms. The Balaban J connectivity index is 0.00000138. The summed E-state index contributed by atoms with van der Waals surface area (Å²) in [5.41, 5.74) is 3.46. The van der Waals surface area contributed by atoms with Gasteiger partial charge < -0.3 is 10.2 Å². The first-order valence-electron chi connectivity index (χ1n) is 10.3. The van der Waals surface area contributed by atoms with Crippen LogP contribution in [0.15, 0.2) is 61.8 Å². The lowest BCUT2D eigenvalue weighted by Crippen LogP contribution is -2.14. The Morgan fingerprint density at radius 2 is 1.65 bits per heavy atom. The van der Waals surface area contributed by atoms with Crippen LogP contribution in [-0.2, 0) is 0 Å². The third-order valence-corrected chi connectivity index (χ3v) is 3.97. The van der Waals surface area contributed by atoms with Crippen molar-refractivity contribution in [2.75, 3.05) is 17.3 Å². The van der Waals surface area contributed by atoms with Gasteiger partial charge in [0.05, 0.1) is 0 Å². The smallest absolute Gasteiger partial charge is 0.229 e. The summed E-state index contributed by atoms with van der Waals surface area (Å²) in [7, 11) is 1.84. The second-order valence-corrected chi connectivity index (χ2v) is 6.32. The molecule has 1 heterocycles. The van der Waals surface area contributed by atoms with Gasteiger partial charge in [-0.3, -0.25) is 0 Å². The molecule has 0 aliphatic rings. The van der Waals surface area contributed by atoms with E-state index >= 15 is 0 Å². The topological polar surface area (TPSA) is 41.1 Å². The molecule has 0 aliphatic heterocycles. The van der Waals surface area contributed by atoms with Crippen molar-refractivity contribution in [1.82, 2.24) is 9.97 Å². The molecule has 0 radical (unpaired) electrons. The molecule has 1 aromatic heterocycles. The number of hydrogen-bond acceptors (Lipinski definition) is 4. The van der Waals surface area contributed by atoms with Gasteiger partial charge in [0.15, 0.2) is 0 Å². The van der Waals surface area contributed by atoms with Crippen molar-refractivity contribution < 1.29 is 4.39 Å². The summed E-state index contributed by atoms with van der Waals surface area (Å²) in [6.45, 7) is 17.9. The van der Waals surface area contributed by atoms with Crippen LogP contribution in [0.25, 0.3) is 0 Å². The van der Waals surface area contributed by atoms with E-state index < -0.39 is 0 Å². The number of aryl methyl sites for hydroxylation is 2. The molecule has 3 aromatic rings. The zero-order valence-electron chi connectivity index (χ0n) is 19.6. The Morgan fingerprint density at radius 3 is 2.23 bits per heavy atom. The first-order chi connectivity index (χ1) is 14.9. The van der Waals surface area contributed by atoms with Gasteiger partial charge in [-0.2, -0.15) is 4.98 Å². The van der Waals surface area contributed by atoms with Gasteiger partial charge in [0.2, 0.25) is 5.95 Å². The van der Waals surface area contributed by atoms with Gasteiger partial charge in [-0.25, -0.2) is 9.37 Å². The van der Waals surface area contributed by atoms with Crippen LogP contribution in [0.4, 0.5) is 27.5 Å². The number of hydrogen-bond donors (Lipinski definition) is 1. The molecule has 0 aliphatic carbocycles. The molecule has 0 saturated carbocycles. The van der Waals surface area contributed by atoms with Gasteiger partial charge in [0, 0.05) is 35.2 Å². The van der Waals surface area contributed by atoms with E-state index in [-0.39, 0.29) is 5.82 Å². The molecule has 0 atom stereocenters. The van der Waals surface area contributed by atoms with E-state index in [1.807, 2.05) is 77.8 Å². The van der Waals surface area contributed by atoms with Crippen LogP contribution >= 0.6 is 11.6 Å². The highest BCUT2D eigenvalue weighted by atomic mass is 35.5. The zero-order valence-corrected chi connectivity index (χ0v) is 20.4. The lowest BCUT2D eigenvalue weighted by molar-refractivity contribution is 0.628. The van der Waals surface area contributed by atoms with Crippen LogP contribution < -0.4 is 10.2 Å². The molecule has 3 rings (SSSR count). The molecule has 0 unspecified atom stereocenters. The van der Waals surface area contributed by atoms with E-state index in [0.717, 1.165) is 16.8 Å². The summed E-state index contributed by atoms with van der Waals surface area (Å²) < 4.78 is 13.5. The van der Waals surface area contributed by atoms with Gasteiger partial charge in [-0.05, 0) is 55.8 Å². The Morgan fingerprint density at radius 1 is 1.00 bits per heavy atom. The second-order valence-electron chi connectivity index (χ2n) is 5.88. The minimum atomic E-state index is -0.288. The van der Waals surface area contributed by atoms with Crippen molar-refractivity contribution in [2.24, 2.45) is 0 Å². The van der Waals surface area contributed by atoms with Crippen molar-refractivity contribution in [3.05, 3.63) is 83.8 Å². The minimum Gasteiger partial charge on any atom is -0.329 e. The largest absolute Gasteiger partial charge is 0.329 e. The summed E-state index contributed by atoms with van der Waals surface area (Å²) in [6, 6.07) is 12.0. The quantitative estimate of drug-likeness (QED) is 0.411. The van der Waals surface area contributed by atoms with Crippen molar-refractivity contribution in [3.63, 3.8) is 0 Å². The van der Waals surface area contributed by atoms with Crippen molar-refractivity contribution in [2.45, 2.75) is 41.5 Å². The summed E-state index contributed by atoms with van der Waals surface area (Å²) in [6.07, 6.45) is 1.73. The highest BCUT2D eigenvalue weighted by Gasteiger charge is 2.12. The van der Waals surface area contributed by atoms with Crippen LogP contribution in [0.1, 0.15) is 38.8 Å². The zero-order chi connectivity index (χ0) is 24.0. The molecular weight excluding hydrogens is 411 g/mol. The maximum atomic E-state index is 13.5. The molecule has 0 saturated heterocycles. The van der Waals surface area contributed by atoms with Gasteiger partial charge in [0.25, 0.3) is 0 Å². The van der Waals surface area contributed by atoms with Crippen LogP contribution in [0.3, 0.4) is 0 Å². The van der Waals surface area contributed by atoms with Crippen molar-refractivity contribution in [1.29, 1.82) is 0 Å². The molecule has 168 valence electrons. The normalized spacial score (nSPS) is 9.06. The monoisotopic (exact) mass is 444 g/mol. The second kappa shape index (κ2) is 15.0. The maximum absolute atomic E-state index is 13.5. The fourth-order valence-electron chi connectivity index (χ4n) is 2.58. The molecule has 6 heteroatoms. The van der Waals surface area contributed by atoms with E-state index in [1.54, 1.807) is 12.3 Å². The predicted molar refractivity (Wildman–Crippen MR) is 135 cm³/mol. The van der Waals surface area contributed by atoms with Crippen LogP contribution in [0.5, 0.6) is 0 Å². The number of aromatic nitrogens is 2. The first kappa shape index (κ1) is 28.1. The lowest BCUT2D eigenvalue weighted by atomic mass is 10.2. The summed E-state index contributed by atoms with van der Waals surface area (Å²) >= 11 is 6.09.